The lowest BCUT2D eigenvalue weighted by Gasteiger charge is -2.36. The number of carbonyl (C=O) groups is 2. The van der Waals surface area contributed by atoms with Crippen LogP contribution < -0.4 is 15.5 Å². The Bertz CT molecular complexity index is 787. The average molecular weight is 403 g/mol. The van der Waals surface area contributed by atoms with Crippen LogP contribution in [0.3, 0.4) is 0 Å². The van der Waals surface area contributed by atoms with Gasteiger partial charge in [0.1, 0.15) is 5.01 Å². The third-order valence-corrected chi connectivity index (χ3v) is 5.25. The molecule has 1 aromatic heterocycles. The molecule has 0 aliphatic carbocycles. The maximum atomic E-state index is 12.3. The summed E-state index contributed by atoms with van der Waals surface area (Å²) in [6.07, 6.45) is 0.833. The van der Waals surface area contributed by atoms with E-state index >= 15 is 0 Å². The van der Waals surface area contributed by atoms with Gasteiger partial charge in [0.15, 0.2) is 0 Å². The van der Waals surface area contributed by atoms with Crippen molar-refractivity contribution in [3.8, 4) is 0 Å². The molecule has 28 heavy (non-hydrogen) atoms. The molecular weight excluding hydrogens is 376 g/mol. The molecule has 1 fully saturated rings. The minimum absolute atomic E-state index is 0.0865. The van der Waals surface area contributed by atoms with Gasteiger partial charge in [0, 0.05) is 38.3 Å². The summed E-state index contributed by atoms with van der Waals surface area (Å²) in [6, 6.07) is 9.93. The highest BCUT2D eigenvalue weighted by molar-refractivity contribution is 7.15. The number of hydrogen-bond donors (Lipinski definition) is 2. The molecule has 1 aliphatic heterocycles. The normalized spacial score (nSPS) is 14.2. The standard InChI is InChI=1S/C19H26N6O2S/c1-14(2)12-17-22-23-18(28-17)21-16(26)13-20-19(27)25-10-8-24(9-11-25)15-6-4-3-5-7-15/h3-7,14H,8-13H2,1-2H3,(H,20,27)(H,21,23,26). The first-order valence-electron chi connectivity index (χ1n) is 9.46. The molecule has 9 heteroatoms. The number of aromatic nitrogens is 2. The van der Waals surface area contributed by atoms with E-state index in [-0.39, 0.29) is 18.5 Å². The number of nitrogens with zero attached hydrogens (tertiary/aromatic N) is 4. The van der Waals surface area contributed by atoms with Crippen LogP contribution in [0.1, 0.15) is 18.9 Å². The third kappa shape index (κ3) is 5.66. The van der Waals surface area contributed by atoms with Crippen LogP contribution in [0.15, 0.2) is 30.3 Å². The van der Waals surface area contributed by atoms with E-state index < -0.39 is 0 Å². The average Bonchev–Trinajstić information content (AvgIpc) is 3.13. The molecule has 0 unspecified atom stereocenters. The highest BCUT2D eigenvalue weighted by atomic mass is 32.1. The molecule has 2 N–H and O–H groups in total. The van der Waals surface area contributed by atoms with E-state index in [1.807, 2.05) is 18.2 Å². The fraction of sp³-hybridized carbons (Fsp3) is 0.474. The Balaban J connectivity index is 1.39. The number of amides is 3. The number of anilines is 2. The number of nitrogens with one attached hydrogen (secondary N) is 2. The minimum Gasteiger partial charge on any atom is -0.368 e. The van der Waals surface area contributed by atoms with Crippen molar-refractivity contribution < 1.29 is 9.59 Å². The summed E-state index contributed by atoms with van der Waals surface area (Å²) in [6.45, 7) is 6.91. The zero-order valence-corrected chi connectivity index (χ0v) is 17.0. The number of carbonyl (C=O) groups excluding carboxylic acids is 2. The second-order valence-corrected chi connectivity index (χ2v) is 8.18. The van der Waals surface area contributed by atoms with Crippen LogP contribution >= 0.6 is 11.3 Å². The second-order valence-electron chi connectivity index (χ2n) is 7.12. The first kappa shape index (κ1) is 20.1. The predicted octanol–water partition coefficient (Wildman–Crippen LogP) is 2.21. The van der Waals surface area contributed by atoms with Gasteiger partial charge in [0.2, 0.25) is 11.0 Å². The summed E-state index contributed by atoms with van der Waals surface area (Å²) in [4.78, 5) is 28.4. The molecule has 8 nitrogen and oxygen atoms in total. The molecule has 1 aliphatic rings. The Morgan fingerprint density at radius 2 is 1.82 bits per heavy atom. The first-order chi connectivity index (χ1) is 13.5. The zero-order valence-electron chi connectivity index (χ0n) is 16.2. The van der Waals surface area contributed by atoms with Gasteiger partial charge in [0.05, 0.1) is 6.54 Å². The van der Waals surface area contributed by atoms with E-state index in [9.17, 15) is 9.59 Å². The number of urea groups is 1. The van der Waals surface area contributed by atoms with E-state index in [0.717, 1.165) is 30.2 Å². The smallest absolute Gasteiger partial charge is 0.317 e. The largest absolute Gasteiger partial charge is 0.368 e. The van der Waals surface area contributed by atoms with Gasteiger partial charge >= 0.3 is 6.03 Å². The molecule has 2 heterocycles. The number of rotatable bonds is 6. The summed E-state index contributed by atoms with van der Waals surface area (Å²) in [5.41, 5.74) is 1.16. The quantitative estimate of drug-likeness (QED) is 0.773. The molecule has 2 aromatic rings. The lowest BCUT2D eigenvalue weighted by Crippen LogP contribution is -2.52. The molecular formula is C19H26N6O2S. The molecule has 1 aromatic carbocycles. The Morgan fingerprint density at radius 1 is 1.11 bits per heavy atom. The van der Waals surface area contributed by atoms with Gasteiger partial charge in [-0.15, -0.1) is 10.2 Å². The van der Waals surface area contributed by atoms with Crippen molar-refractivity contribution in [3.05, 3.63) is 35.3 Å². The highest BCUT2D eigenvalue weighted by Crippen LogP contribution is 2.18. The molecule has 3 amide bonds. The van der Waals surface area contributed by atoms with Crippen molar-refractivity contribution in [2.75, 3.05) is 42.9 Å². The number of para-hydroxylation sites is 1. The van der Waals surface area contributed by atoms with Crippen LogP contribution in [0.2, 0.25) is 0 Å². The summed E-state index contributed by atoms with van der Waals surface area (Å²) < 4.78 is 0. The van der Waals surface area contributed by atoms with Crippen LogP contribution in [0.5, 0.6) is 0 Å². The molecule has 3 rings (SSSR count). The van der Waals surface area contributed by atoms with Crippen LogP contribution in [-0.2, 0) is 11.2 Å². The van der Waals surface area contributed by atoms with E-state index in [1.165, 1.54) is 11.3 Å². The van der Waals surface area contributed by atoms with Crippen molar-refractivity contribution >= 4 is 34.1 Å². The van der Waals surface area contributed by atoms with Crippen molar-refractivity contribution in [1.82, 2.24) is 20.4 Å². The van der Waals surface area contributed by atoms with Gasteiger partial charge in [-0.25, -0.2) is 4.79 Å². The van der Waals surface area contributed by atoms with E-state index in [2.05, 4.69) is 51.7 Å². The maximum Gasteiger partial charge on any atom is 0.317 e. The molecule has 0 bridgehead atoms. The zero-order chi connectivity index (χ0) is 19.9. The Labute approximate surface area is 168 Å². The Kier molecular flexibility index (Phi) is 6.80. The van der Waals surface area contributed by atoms with Gasteiger partial charge in [-0.1, -0.05) is 43.4 Å². The molecule has 150 valence electrons. The molecule has 0 spiro atoms. The summed E-state index contributed by atoms with van der Waals surface area (Å²) >= 11 is 1.37. The fourth-order valence-electron chi connectivity index (χ4n) is 2.97. The SMILES string of the molecule is CC(C)Cc1nnc(NC(=O)CNC(=O)N2CCN(c3ccccc3)CC2)s1. The summed E-state index contributed by atoms with van der Waals surface area (Å²) in [5.74, 6) is 0.182. The summed E-state index contributed by atoms with van der Waals surface area (Å²) in [7, 11) is 0. The van der Waals surface area contributed by atoms with E-state index in [1.54, 1.807) is 4.90 Å². The lowest BCUT2D eigenvalue weighted by molar-refractivity contribution is -0.115. The molecule has 0 saturated carbocycles. The second kappa shape index (κ2) is 9.50. The Morgan fingerprint density at radius 3 is 2.50 bits per heavy atom. The lowest BCUT2D eigenvalue weighted by atomic mass is 10.1. The molecule has 0 radical (unpaired) electrons. The predicted molar refractivity (Wildman–Crippen MR) is 111 cm³/mol. The summed E-state index contributed by atoms with van der Waals surface area (Å²) in [5, 5.41) is 14.8. The van der Waals surface area contributed by atoms with Crippen LogP contribution in [0.25, 0.3) is 0 Å². The topological polar surface area (TPSA) is 90.5 Å². The van der Waals surface area contributed by atoms with Crippen LogP contribution in [0, 0.1) is 5.92 Å². The van der Waals surface area contributed by atoms with E-state index in [4.69, 9.17) is 0 Å². The molecule has 1 saturated heterocycles. The van der Waals surface area contributed by atoms with Gasteiger partial charge in [-0.05, 0) is 18.1 Å². The Hall–Kier alpha value is -2.68. The number of hydrogen-bond acceptors (Lipinski definition) is 6. The minimum atomic E-state index is -0.302. The monoisotopic (exact) mass is 402 g/mol. The van der Waals surface area contributed by atoms with Gasteiger partial charge in [0.25, 0.3) is 0 Å². The van der Waals surface area contributed by atoms with Crippen LogP contribution in [-0.4, -0.2) is 59.8 Å². The van der Waals surface area contributed by atoms with Crippen molar-refractivity contribution in [2.24, 2.45) is 5.92 Å². The fourth-order valence-corrected chi connectivity index (χ4v) is 3.94. The highest BCUT2D eigenvalue weighted by Gasteiger charge is 2.21. The van der Waals surface area contributed by atoms with Gasteiger partial charge < -0.3 is 15.1 Å². The van der Waals surface area contributed by atoms with E-state index in [0.29, 0.717) is 24.1 Å². The maximum absolute atomic E-state index is 12.3. The van der Waals surface area contributed by atoms with Crippen molar-refractivity contribution in [2.45, 2.75) is 20.3 Å². The number of benzene rings is 1. The van der Waals surface area contributed by atoms with Crippen molar-refractivity contribution in [1.29, 1.82) is 0 Å². The van der Waals surface area contributed by atoms with Crippen molar-refractivity contribution in [3.63, 3.8) is 0 Å². The van der Waals surface area contributed by atoms with Gasteiger partial charge in [-0.2, -0.15) is 0 Å². The number of piperazine rings is 1. The molecule has 0 atom stereocenters. The van der Waals surface area contributed by atoms with Gasteiger partial charge in [-0.3, -0.25) is 10.1 Å². The first-order valence-corrected chi connectivity index (χ1v) is 10.3. The van der Waals surface area contributed by atoms with Crippen LogP contribution in [0.4, 0.5) is 15.6 Å². The third-order valence-electron chi connectivity index (χ3n) is 4.38.